The van der Waals surface area contributed by atoms with E-state index in [9.17, 15) is 11.0 Å². The smallest absolute Gasteiger partial charge is 0.143 e. The summed E-state index contributed by atoms with van der Waals surface area (Å²) in [6.45, 7) is 0. The summed E-state index contributed by atoms with van der Waals surface area (Å²) < 4.78 is 256. The Morgan fingerprint density at radius 1 is 0.302 bits per heavy atom. The standard InChI is InChI=1S/C52H32O/c1-3-13-37-31-39(29-23-33(37)11-1)42-20-10-22-48-47-21-9-19-41(51(47)53-52(42)48)35-25-27-36(28-26-35)49-43-15-5-7-17-45(43)50(46-18-8-6-16-44(46)49)40-30-24-34-12-2-4-14-38(34)32-40/h1-32H/i1D,2D,3D,4D,5D,6D,7D,8D,9D,10D,11D,12D,13D,14D,15D,16D,17D,18D,19D,20D,21D,22D,23D,24D,29D,30D,31D,32D. The first-order valence-electron chi connectivity index (χ1n) is 30.0. The highest BCUT2D eigenvalue weighted by Crippen LogP contribution is 2.45. The Labute approximate surface area is 346 Å². The van der Waals surface area contributed by atoms with Crippen LogP contribution in [0.1, 0.15) is 38.4 Å². The maximum absolute atomic E-state index is 9.48. The van der Waals surface area contributed by atoms with Crippen LogP contribution in [0.25, 0.3) is 110 Å². The van der Waals surface area contributed by atoms with Crippen molar-refractivity contribution in [2.75, 3.05) is 0 Å². The van der Waals surface area contributed by atoms with E-state index in [1.807, 2.05) is 0 Å². The van der Waals surface area contributed by atoms with Gasteiger partial charge in [0.25, 0.3) is 0 Å². The molecule has 0 N–H and O–H groups in total. The Morgan fingerprint density at radius 3 is 1.25 bits per heavy atom. The first-order chi connectivity index (χ1) is 37.9. The van der Waals surface area contributed by atoms with E-state index in [0.717, 1.165) is 0 Å². The van der Waals surface area contributed by atoms with Gasteiger partial charge in [0.2, 0.25) is 0 Å². The molecule has 0 radical (unpaired) electrons. The van der Waals surface area contributed by atoms with E-state index in [1.165, 1.54) is 24.3 Å². The first kappa shape index (κ1) is 13.2. The van der Waals surface area contributed by atoms with Gasteiger partial charge in [0.15, 0.2) is 0 Å². The minimum atomic E-state index is -0.871. The second-order valence-electron chi connectivity index (χ2n) is 11.8. The van der Waals surface area contributed by atoms with Gasteiger partial charge in [0, 0.05) is 21.9 Å². The van der Waals surface area contributed by atoms with Gasteiger partial charge in [-0.15, -0.1) is 0 Å². The van der Waals surface area contributed by atoms with Crippen molar-refractivity contribution < 1.29 is 42.8 Å². The minimum Gasteiger partial charge on any atom is -0.455 e. The summed E-state index contributed by atoms with van der Waals surface area (Å²) in [5, 5.41) is -4.56. The molecule has 11 rings (SSSR count). The van der Waals surface area contributed by atoms with Gasteiger partial charge in [-0.3, -0.25) is 0 Å². The summed E-state index contributed by atoms with van der Waals surface area (Å²) in [4.78, 5) is 0. The zero-order valence-electron chi connectivity index (χ0n) is 54.7. The molecule has 0 saturated carbocycles. The number of benzene rings is 10. The number of furan rings is 1. The van der Waals surface area contributed by atoms with Crippen LogP contribution in [0, 0.1) is 0 Å². The summed E-state index contributed by atoms with van der Waals surface area (Å²) in [7, 11) is 0. The molecule has 53 heavy (non-hydrogen) atoms. The van der Waals surface area contributed by atoms with Crippen molar-refractivity contribution in [3.63, 3.8) is 0 Å². The molecular weight excluding hydrogens is 641 g/mol. The van der Waals surface area contributed by atoms with Crippen LogP contribution >= 0.6 is 0 Å². The van der Waals surface area contributed by atoms with Gasteiger partial charge in [-0.2, -0.15) is 0 Å². The van der Waals surface area contributed by atoms with E-state index in [2.05, 4.69) is 0 Å². The third-order valence-electron chi connectivity index (χ3n) is 8.95. The maximum atomic E-state index is 9.48. The second-order valence-corrected chi connectivity index (χ2v) is 11.8. The van der Waals surface area contributed by atoms with E-state index >= 15 is 0 Å². The quantitative estimate of drug-likeness (QED) is 0.167. The molecule has 1 aromatic heterocycles. The SMILES string of the molecule is [2H]c1c([2H])c([2H])c2c(oc3c(-c4c([2H])c([2H])c5c([2H])c([2H])c([2H])c([2H])c5c4[2H])c([2H])c([2H])c([2H])c32)c1-c1ccc(-c2c3c([2H])c([2H])c([2H])c([2H])c3c(-c3c([2H])c([2H])c4c([2H])c([2H])c([2H])c([2H])c4c3[2H])c3c([2H])c([2H])c([2H])c([2H])c23)cc1. The third-order valence-corrected chi connectivity index (χ3v) is 8.95. The Kier molecular flexibility index (Phi) is 2.94. The van der Waals surface area contributed by atoms with Crippen LogP contribution in [0.4, 0.5) is 0 Å². The monoisotopic (exact) mass is 700 g/mol. The summed E-state index contributed by atoms with van der Waals surface area (Å²) >= 11 is 0. The van der Waals surface area contributed by atoms with Gasteiger partial charge in [0.1, 0.15) is 11.2 Å². The van der Waals surface area contributed by atoms with Crippen LogP contribution in [-0.4, -0.2) is 0 Å². The summed E-state index contributed by atoms with van der Waals surface area (Å²) in [5.74, 6) is 0. The van der Waals surface area contributed by atoms with Gasteiger partial charge in [-0.1, -0.05) is 181 Å². The molecule has 10 aromatic carbocycles. The predicted octanol–water partition coefficient (Wildman–Crippen LogP) is 14.9. The van der Waals surface area contributed by atoms with Crippen molar-refractivity contribution >= 4 is 65.0 Å². The lowest BCUT2D eigenvalue weighted by atomic mass is 9.85. The van der Waals surface area contributed by atoms with E-state index in [4.69, 9.17) is 31.8 Å². The molecule has 0 unspecified atom stereocenters. The van der Waals surface area contributed by atoms with E-state index in [1.54, 1.807) is 0 Å². The Balaban J connectivity index is 1.24. The number of hydrogen-bond acceptors (Lipinski definition) is 1. The molecule has 0 aliphatic carbocycles. The molecular formula is C52H32O. The molecule has 0 saturated heterocycles. The lowest BCUT2D eigenvalue weighted by molar-refractivity contribution is 0.671. The Bertz CT molecular complexity index is 4750. The number of fused-ring (bicyclic) bond motifs is 7. The molecule has 0 bridgehead atoms. The predicted molar refractivity (Wildman–Crippen MR) is 225 cm³/mol. The Hall–Kier alpha value is -6.96. The van der Waals surface area contributed by atoms with Gasteiger partial charge >= 0.3 is 0 Å². The van der Waals surface area contributed by atoms with Crippen LogP contribution in [0.15, 0.2) is 198 Å². The van der Waals surface area contributed by atoms with Crippen LogP contribution in [-0.2, 0) is 0 Å². The lowest BCUT2D eigenvalue weighted by Gasteiger charge is -2.18. The highest BCUT2D eigenvalue weighted by molar-refractivity contribution is 6.22. The molecule has 1 heterocycles. The molecule has 0 fully saturated rings. The van der Waals surface area contributed by atoms with Crippen molar-refractivity contribution in [3.8, 4) is 44.5 Å². The van der Waals surface area contributed by atoms with Crippen LogP contribution < -0.4 is 0 Å². The van der Waals surface area contributed by atoms with Crippen molar-refractivity contribution in [1.29, 1.82) is 0 Å². The molecule has 1 heteroatoms. The molecule has 0 amide bonds. The minimum absolute atomic E-state index is 0.0134. The maximum Gasteiger partial charge on any atom is 0.143 e. The van der Waals surface area contributed by atoms with Gasteiger partial charge in [-0.25, -0.2) is 0 Å². The molecule has 0 spiro atoms. The van der Waals surface area contributed by atoms with Crippen molar-refractivity contribution in [2.45, 2.75) is 0 Å². The number of para-hydroxylation sites is 2. The summed E-state index contributed by atoms with van der Waals surface area (Å²) in [6, 6.07) is -16.5. The van der Waals surface area contributed by atoms with Crippen LogP contribution in [0.2, 0.25) is 0 Å². The third kappa shape index (κ3) is 4.71. The fraction of sp³-hybridized carbons (Fsp3) is 0. The van der Waals surface area contributed by atoms with E-state index in [-0.39, 0.29) is 38.6 Å². The highest BCUT2D eigenvalue weighted by atomic mass is 16.3. The largest absolute Gasteiger partial charge is 0.455 e. The lowest BCUT2D eigenvalue weighted by Crippen LogP contribution is -1.91. The molecule has 0 aliphatic heterocycles. The van der Waals surface area contributed by atoms with Crippen LogP contribution in [0.5, 0.6) is 0 Å². The van der Waals surface area contributed by atoms with Gasteiger partial charge in [-0.05, 0) is 88.6 Å². The normalized spacial score (nSPS) is 19.2. The molecule has 11 aromatic rings. The number of rotatable bonds is 4. The average molecular weight is 701 g/mol. The Morgan fingerprint density at radius 2 is 0.698 bits per heavy atom. The van der Waals surface area contributed by atoms with Gasteiger partial charge in [0.05, 0.1) is 38.4 Å². The van der Waals surface area contributed by atoms with Crippen molar-refractivity contribution in [1.82, 2.24) is 0 Å². The fourth-order valence-electron chi connectivity index (χ4n) is 6.61. The summed E-state index contributed by atoms with van der Waals surface area (Å²) in [6.07, 6.45) is 0. The van der Waals surface area contributed by atoms with E-state index < -0.39 is 240 Å². The molecule has 0 aliphatic rings. The van der Waals surface area contributed by atoms with Crippen molar-refractivity contribution in [2.24, 2.45) is 0 Å². The van der Waals surface area contributed by atoms with Gasteiger partial charge < -0.3 is 4.42 Å². The molecule has 1 nitrogen and oxygen atoms in total. The summed E-state index contributed by atoms with van der Waals surface area (Å²) in [5.41, 5.74) is -3.71. The number of hydrogen-bond donors (Lipinski definition) is 0. The fourth-order valence-corrected chi connectivity index (χ4v) is 6.61. The second kappa shape index (κ2) is 11.8. The van der Waals surface area contributed by atoms with Crippen LogP contribution in [0.3, 0.4) is 0 Å². The molecule has 246 valence electrons. The average Bonchev–Trinajstić information content (AvgIpc) is 3.68. The molecule has 0 atom stereocenters. The van der Waals surface area contributed by atoms with E-state index in [0.29, 0.717) is 0 Å². The van der Waals surface area contributed by atoms with Crippen molar-refractivity contribution in [3.05, 3.63) is 193 Å². The first-order valence-corrected chi connectivity index (χ1v) is 16.0. The topological polar surface area (TPSA) is 13.1 Å². The highest BCUT2D eigenvalue weighted by Gasteiger charge is 2.19. The zero-order chi connectivity index (χ0) is 59.2. The zero-order valence-corrected chi connectivity index (χ0v) is 26.7.